The summed E-state index contributed by atoms with van der Waals surface area (Å²) in [6.45, 7) is 0. The van der Waals surface area contributed by atoms with Gasteiger partial charge in [0.15, 0.2) is 0 Å². The Kier molecular flexibility index (Phi) is 4.02. The fraction of sp³-hybridized carbons (Fsp3) is 0.333. The highest BCUT2D eigenvalue weighted by molar-refractivity contribution is 5.30. The molecule has 0 amide bonds. The van der Waals surface area contributed by atoms with Crippen LogP contribution in [0.4, 0.5) is 8.78 Å². The number of benzene rings is 2. The molecule has 2 N–H and O–H groups in total. The molecule has 1 aliphatic rings. The Bertz CT molecular complexity index is 619. The Morgan fingerprint density at radius 1 is 1.00 bits per heavy atom. The minimum atomic E-state index is -0.498. The molecule has 0 spiro atoms. The van der Waals surface area contributed by atoms with Crippen LogP contribution in [0.25, 0.3) is 0 Å². The molecule has 0 saturated carbocycles. The van der Waals surface area contributed by atoms with Crippen molar-refractivity contribution in [1.29, 1.82) is 0 Å². The Hall–Kier alpha value is -1.74. The van der Waals surface area contributed by atoms with E-state index in [1.165, 1.54) is 29.3 Å². The van der Waals surface area contributed by atoms with Crippen molar-refractivity contribution >= 4 is 0 Å². The zero-order valence-corrected chi connectivity index (χ0v) is 11.9. The van der Waals surface area contributed by atoms with Gasteiger partial charge in [-0.3, -0.25) is 0 Å². The fourth-order valence-corrected chi connectivity index (χ4v) is 3.22. The number of aryl methyl sites for hydroxylation is 1. The lowest BCUT2D eigenvalue weighted by atomic mass is 9.78. The molecule has 2 unspecified atom stereocenters. The summed E-state index contributed by atoms with van der Waals surface area (Å²) in [5, 5.41) is 0. The molecule has 0 aliphatic heterocycles. The first kappa shape index (κ1) is 14.2. The van der Waals surface area contributed by atoms with Gasteiger partial charge in [-0.25, -0.2) is 8.78 Å². The smallest absolute Gasteiger partial charge is 0.129 e. The summed E-state index contributed by atoms with van der Waals surface area (Å²) in [4.78, 5) is 0. The lowest BCUT2D eigenvalue weighted by Crippen LogP contribution is -2.36. The maximum absolute atomic E-state index is 13.7. The third-order valence-corrected chi connectivity index (χ3v) is 4.49. The van der Waals surface area contributed by atoms with Gasteiger partial charge in [0.1, 0.15) is 11.6 Å². The maximum Gasteiger partial charge on any atom is 0.129 e. The van der Waals surface area contributed by atoms with E-state index in [0.29, 0.717) is 0 Å². The predicted molar refractivity (Wildman–Crippen MR) is 80.0 cm³/mol. The second kappa shape index (κ2) is 5.94. The quantitative estimate of drug-likeness (QED) is 0.916. The highest BCUT2D eigenvalue weighted by atomic mass is 19.1. The van der Waals surface area contributed by atoms with E-state index in [1.807, 2.05) is 12.1 Å². The van der Waals surface area contributed by atoms with E-state index in [4.69, 9.17) is 5.73 Å². The van der Waals surface area contributed by atoms with Crippen molar-refractivity contribution in [3.8, 4) is 0 Å². The summed E-state index contributed by atoms with van der Waals surface area (Å²) in [6, 6.07) is 12.1. The molecule has 2 aromatic rings. The number of hydrogen-bond acceptors (Lipinski definition) is 1. The predicted octanol–water partition coefficient (Wildman–Crippen LogP) is 3.64. The van der Waals surface area contributed by atoms with E-state index in [9.17, 15) is 8.78 Å². The lowest BCUT2D eigenvalue weighted by Gasteiger charge is -2.29. The molecule has 2 atom stereocenters. The molecular formula is C18H19F2N. The largest absolute Gasteiger partial charge is 0.327 e. The van der Waals surface area contributed by atoms with E-state index < -0.39 is 11.6 Å². The first-order chi connectivity index (χ1) is 10.1. The number of halogens is 2. The van der Waals surface area contributed by atoms with Gasteiger partial charge in [0.05, 0.1) is 0 Å². The number of fused-ring (bicyclic) bond motifs is 1. The summed E-state index contributed by atoms with van der Waals surface area (Å²) < 4.78 is 27.4. The molecule has 21 heavy (non-hydrogen) atoms. The number of rotatable bonds is 3. The average Bonchev–Trinajstić information content (AvgIpc) is 2.50. The van der Waals surface area contributed by atoms with Crippen molar-refractivity contribution in [2.24, 2.45) is 11.7 Å². The van der Waals surface area contributed by atoms with Gasteiger partial charge in [-0.15, -0.1) is 0 Å². The van der Waals surface area contributed by atoms with Crippen molar-refractivity contribution < 1.29 is 8.78 Å². The molecule has 0 saturated heterocycles. The van der Waals surface area contributed by atoms with Crippen LogP contribution in [0.5, 0.6) is 0 Å². The molecule has 0 fully saturated rings. The van der Waals surface area contributed by atoms with Crippen LogP contribution in [0.15, 0.2) is 42.5 Å². The normalized spacial score (nSPS) is 19.1. The second-order valence-electron chi connectivity index (χ2n) is 5.84. The van der Waals surface area contributed by atoms with Crippen LogP contribution in [0.2, 0.25) is 0 Å². The van der Waals surface area contributed by atoms with Crippen molar-refractivity contribution in [3.63, 3.8) is 0 Å². The van der Waals surface area contributed by atoms with Gasteiger partial charge in [0, 0.05) is 11.6 Å². The minimum Gasteiger partial charge on any atom is -0.327 e. The average molecular weight is 287 g/mol. The van der Waals surface area contributed by atoms with Crippen LogP contribution in [0, 0.1) is 17.6 Å². The number of nitrogens with two attached hydrogens (primary N) is 1. The minimum absolute atomic E-state index is 0.115. The Labute approximate surface area is 123 Å². The van der Waals surface area contributed by atoms with Gasteiger partial charge in [-0.05, 0) is 54.9 Å². The second-order valence-corrected chi connectivity index (χ2v) is 5.84. The summed E-state index contributed by atoms with van der Waals surface area (Å²) >= 11 is 0. The van der Waals surface area contributed by atoms with Gasteiger partial charge in [0.25, 0.3) is 0 Å². The molecule has 0 aromatic heterocycles. The lowest BCUT2D eigenvalue weighted by molar-refractivity contribution is 0.365. The van der Waals surface area contributed by atoms with E-state index in [2.05, 4.69) is 12.1 Å². The SMILES string of the molecule is NC(Cc1c(F)cccc1F)C1CCc2ccccc2C1. The van der Waals surface area contributed by atoms with Crippen molar-refractivity contribution in [2.75, 3.05) is 0 Å². The molecule has 3 heteroatoms. The first-order valence-corrected chi connectivity index (χ1v) is 7.40. The van der Waals surface area contributed by atoms with Gasteiger partial charge < -0.3 is 5.73 Å². The third-order valence-electron chi connectivity index (χ3n) is 4.49. The first-order valence-electron chi connectivity index (χ1n) is 7.40. The standard InChI is InChI=1S/C18H19F2N/c19-16-6-3-7-17(20)15(16)11-18(21)14-9-8-12-4-1-2-5-13(12)10-14/h1-7,14,18H,8-11,21H2. The summed E-state index contributed by atoms with van der Waals surface area (Å²) in [5.41, 5.74) is 9.05. The van der Waals surface area contributed by atoms with Crippen LogP contribution in [-0.2, 0) is 19.3 Å². The third kappa shape index (κ3) is 2.98. The highest BCUT2D eigenvalue weighted by Gasteiger charge is 2.25. The molecule has 110 valence electrons. The maximum atomic E-state index is 13.7. The monoisotopic (exact) mass is 287 g/mol. The summed E-state index contributed by atoms with van der Waals surface area (Å²) in [5.74, 6) is -0.720. The molecule has 0 heterocycles. The Morgan fingerprint density at radius 2 is 1.67 bits per heavy atom. The van der Waals surface area contributed by atoms with Crippen LogP contribution >= 0.6 is 0 Å². The Balaban J connectivity index is 1.74. The topological polar surface area (TPSA) is 26.0 Å². The van der Waals surface area contributed by atoms with E-state index >= 15 is 0 Å². The summed E-state index contributed by atoms with van der Waals surface area (Å²) in [7, 11) is 0. The van der Waals surface area contributed by atoms with Gasteiger partial charge in [-0.1, -0.05) is 30.3 Å². The van der Waals surface area contributed by atoms with E-state index in [0.717, 1.165) is 19.3 Å². The van der Waals surface area contributed by atoms with E-state index in [1.54, 1.807) is 0 Å². The zero-order chi connectivity index (χ0) is 14.8. The van der Waals surface area contributed by atoms with Crippen molar-refractivity contribution in [1.82, 2.24) is 0 Å². The Morgan fingerprint density at radius 3 is 2.38 bits per heavy atom. The molecule has 0 radical (unpaired) electrons. The molecule has 3 rings (SSSR count). The van der Waals surface area contributed by atoms with Crippen molar-refractivity contribution in [2.45, 2.75) is 31.7 Å². The van der Waals surface area contributed by atoms with Gasteiger partial charge >= 0.3 is 0 Å². The van der Waals surface area contributed by atoms with Crippen molar-refractivity contribution in [3.05, 3.63) is 70.8 Å². The van der Waals surface area contributed by atoms with Gasteiger partial charge in [-0.2, -0.15) is 0 Å². The molecular weight excluding hydrogens is 268 g/mol. The van der Waals surface area contributed by atoms with Crippen LogP contribution in [0.3, 0.4) is 0 Å². The molecule has 1 nitrogen and oxygen atoms in total. The molecule has 2 aromatic carbocycles. The fourth-order valence-electron chi connectivity index (χ4n) is 3.22. The van der Waals surface area contributed by atoms with Gasteiger partial charge in [0.2, 0.25) is 0 Å². The zero-order valence-electron chi connectivity index (χ0n) is 11.9. The molecule has 0 bridgehead atoms. The van der Waals surface area contributed by atoms with Crippen LogP contribution in [0.1, 0.15) is 23.1 Å². The van der Waals surface area contributed by atoms with Crippen LogP contribution in [-0.4, -0.2) is 6.04 Å². The molecule has 1 aliphatic carbocycles. The van der Waals surface area contributed by atoms with Crippen LogP contribution < -0.4 is 5.73 Å². The summed E-state index contributed by atoms with van der Waals surface area (Å²) in [6.07, 6.45) is 3.13. The highest BCUT2D eigenvalue weighted by Crippen LogP contribution is 2.28. The van der Waals surface area contributed by atoms with E-state index in [-0.39, 0.29) is 23.9 Å². The number of hydrogen-bond donors (Lipinski definition) is 1.